The molecule has 1 unspecified atom stereocenters. The molecule has 0 saturated carbocycles. The molecule has 1 aliphatic rings. The van der Waals surface area contributed by atoms with Crippen LogP contribution in [0.3, 0.4) is 0 Å². The Morgan fingerprint density at radius 1 is 0.690 bits per heavy atom. The molecule has 2 heterocycles. The van der Waals surface area contributed by atoms with Crippen LogP contribution in [0.2, 0.25) is 0 Å². The first-order valence-corrected chi connectivity index (χ1v) is 32.3. The van der Waals surface area contributed by atoms with Crippen molar-refractivity contribution in [2.45, 2.75) is 212 Å². The molecular formula is C66H100N5O12P. The molecule has 5 atom stereocenters. The van der Waals surface area contributed by atoms with E-state index < -0.39 is 49.9 Å². The number of amides is 1. The van der Waals surface area contributed by atoms with Crippen molar-refractivity contribution in [3.05, 3.63) is 129 Å². The van der Waals surface area contributed by atoms with Gasteiger partial charge in [-0.3, -0.25) is 19.1 Å². The lowest BCUT2D eigenvalue weighted by atomic mass is 9.80. The number of H-pyrrole nitrogens is 1. The van der Waals surface area contributed by atoms with Gasteiger partial charge in [0.2, 0.25) is 5.91 Å². The standard InChI is InChI=1S/C66H100N5O12P/c1-8-9-10-11-12-13-14-15-16-17-18-19-20-21-22-23-24-25-29-33-60(72)68-44-47-77-48-49-78-51-79-63-62(83-84(81-46-30-43-67)71(52(2)3)53(4)5)59(82-64(63)70-45-42-61(73)69-65(70)74)50-80-66(54-31-27-26-28-32-54,55-34-38-57(75-6)39-35-55)56-36-40-58(76-7)41-37-56/h26-28,31-32,34-42,45,52-53,59,62-64H,8-25,29-30,33,44,46-51H2,1-7H3,(H,68,72)(H,69,73,74)/t59-,62-,63-,64-,84?/m1/s1. The number of rotatable bonds is 46. The van der Waals surface area contributed by atoms with E-state index in [1.807, 2.05) is 107 Å². The third-order valence-corrected chi connectivity index (χ3v) is 17.3. The number of benzene rings is 3. The summed E-state index contributed by atoms with van der Waals surface area (Å²) in [6, 6.07) is 28.5. The van der Waals surface area contributed by atoms with Crippen LogP contribution in [0.15, 0.2) is 101 Å². The summed E-state index contributed by atoms with van der Waals surface area (Å²) in [7, 11) is 1.32. The van der Waals surface area contributed by atoms with Gasteiger partial charge in [0.25, 0.3) is 14.1 Å². The predicted octanol–water partition coefficient (Wildman–Crippen LogP) is 13.4. The van der Waals surface area contributed by atoms with Crippen molar-refractivity contribution in [3.63, 3.8) is 0 Å². The fourth-order valence-electron chi connectivity index (χ4n) is 10.8. The maximum atomic E-state index is 13.7. The highest BCUT2D eigenvalue weighted by Crippen LogP contribution is 2.51. The molecule has 84 heavy (non-hydrogen) atoms. The molecule has 17 nitrogen and oxygen atoms in total. The first-order chi connectivity index (χ1) is 41.0. The molecule has 4 aromatic rings. The van der Waals surface area contributed by atoms with Gasteiger partial charge in [-0.2, -0.15) is 5.26 Å². The van der Waals surface area contributed by atoms with Crippen LogP contribution >= 0.6 is 8.53 Å². The van der Waals surface area contributed by atoms with Gasteiger partial charge in [-0.1, -0.05) is 177 Å². The van der Waals surface area contributed by atoms with Crippen molar-refractivity contribution in [2.24, 2.45) is 0 Å². The number of hydrogen-bond donors (Lipinski definition) is 2. The molecule has 0 radical (unpaired) electrons. The molecule has 3 aromatic carbocycles. The lowest BCUT2D eigenvalue weighted by molar-refractivity contribution is -0.143. The van der Waals surface area contributed by atoms with Gasteiger partial charge in [-0.15, -0.1) is 0 Å². The number of hydrogen-bond acceptors (Lipinski definition) is 14. The number of aromatic amines is 1. The van der Waals surface area contributed by atoms with E-state index in [4.69, 9.17) is 42.2 Å². The fourth-order valence-corrected chi connectivity index (χ4v) is 12.6. The van der Waals surface area contributed by atoms with E-state index in [1.54, 1.807) is 14.2 Å². The smallest absolute Gasteiger partial charge is 0.330 e. The van der Waals surface area contributed by atoms with Crippen LogP contribution in [0.1, 0.15) is 192 Å². The van der Waals surface area contributed by atoms with Gasteiger partial charge >= 0.3 is 5.69 Å². The second-order valence-electron chi connectivity index (χ2n) is 22.2. The molecule has 0 spiro atoms. The Balaban J connectivity index is 1.20. The van der Waals surface area contributed by atoms with Gasteiger partial charge in [0, 0.05) is 37.3 Å². The molecule has 1 aromatic heterocycles. The van der Waals surface area contributed by atoms with E-state index in [9.17, 15) is 19.6 Å². The fraction of sp³-hybridized carbons (Fsp3) is 0.636. The normalized spacial score (nSPS) is 16.6. The molecule has 18 heteroatoms. The molecule has 1 saturated heterocycles. The molecule has 0 aliphatic carbocycles. The quantitative estimate of drug-likeness (QED) is 0.0184. The van der Waals surface area contributed by atoms with Crippen molar-refractivity contribution < 1.29 is 47.0 Å². The summed E-state index contributed by atoms with van der Waals surface area (Å²) < 4.78 is 60.9. The summed E-state index contributed by atoms with van der Waals surface area (Å²) in [4.78, 5) is 41.2. The number of methoxy groups -OCH3 is 2. The van der Waals surface area contributed by atoms with Gasteiger partial charge in [-0.05, 0) is 75.1 Å². The Bertz CT molecular complexity index is 2490. The molecule has 466 valence electrons. The van der Waals surface area contributed by atoms with Crippen LogP contribution in [-0.4, -0.2) is 111 Å². The number of nitrogens with zero attached hydrogens (tertiary/aromatic N) is 3. The highest BCUT2D eigenvalue weighted by Gasteiger charge is 2.52. The largest absolute Gasteiger partial charge is 0.497 e. The minimum Gasteiger partial charge on any atom is -0.497 e. The van der Waals surface area contributed by atoms with E-state index in [2.05, 4.69) is 28.0 Å². The molecular weight excluding hydrogens is 1090 g/mol. The van der Waals surface area contributed by atoms with Gasteiger partial charge in [0.05, 0.1) is 59.7 Å². The van der Waals surface area contributed by atoms with Crippen molar-refractivity contribution in [1.82, 2.24) is 19.5 Å². The maximum Gasteiger partial charge on any atom is 0.330 e. The van der Waals surface area contributed by atoms with Crippen molar-refractivity contribution in [1.29, 1.82) is 5.26 Å². The summed E-state index contributed by atoms with van der Waals surface area (Å²) in [6.07, 6.45) is 22.8. The van der Waals surface area contributed by atoms with E-state index in [0.717, 1.165) is 29.5 Å². The van der Waals surface area contributed by atoms with Gasteiger partial charge in [0.1, 0.15) is 42.2 Å². The Morgan fingerprint density at radius 3 is 1.73 bits per heavy atom. The molecule has 1 amide bonds. The second-order valence-corrected chi connectivity index (χ2v) is 23.7. The third-order valence-electron chi connectivity index (χ3n) is 15.2. The predicted molar refractivity (Wildman–Crippen MR) is 331 cm³/mol. The maximum absolute atomic E-state index is 13.7. The molecule has 1 fully saturated rings. The number of carbonyl (C=O) groups is 1. The molecule has 5 rings (SSSR count). The van der Waals surface area contributed by atoms with Crippen LogP contribution in [0.5, 0.6) is 11.5 Å². The Hall–Kier alpha value is -4.99. The van der Waals surface area contributed by atoms with Crippen LogP contribution in [-0.2, 0) is 43.1 Å². The summed E-state index contributed by atoms with van der Waals surface area (Å²) in [5.41, 5.74) is -0.176. The number of aromatic nitrogens is 2. The monoisotopic (exact) mass is 1190 g/mol. The van der Waals surface area contributed by atoms with Gasteiger partial charge in [0.15, 0.2) is 6.23 Å². The zero-order chi connectivity index (χ0) is 60.2. The van der Waals surface area contributed by atoms with E-state index in [0.29, 0.717) is 31.1 Å². The van der Waals surface area contributed by atoms with Crippen LogP contribution in [0.4, 0.5) is 0 Å². The Kier molecular flexibility index (Phi) is 33.6. The zero-order valence-corrected chi connectivity index (χ0v) is 52.5. The lowest BCUT2D eigenvalue weighted by Crippen LogP contribution is -2.43. The number of carbonyl (C=O) groups excluding carboxylic acids is 1. The third kappa shape index (κ3) is 23.4. The topological polar surface area (TPSA) is 194 Å². The Labute approximate surface area is 502 Å². The van der Waals surface area contributed by atoms with Crippen LogP contribution in [0.25, 0.3) is 0 Å². The number of nitriles is 1. The van der Waals surface area contributed by atoms with Crippen molar-refractivity contribution >= 4 is 14.4 Å². The number of nitrogens with one attached hydrogen (secondary N) is 2. The van der Waals surface area contributed by atoms with Gasteiger partial charge in [-0.25, -0.2) is 9.46 Å². The van der Waals surface area contributed by atoms with Gasteiger partial charge < -0.3 is 47.5 Å². The van der Waals surface area contributed by atoms with Crippen LogP contribution in [0, 0.1) is 11.3 Å². The van der Waals surface area contributed by atoms with E-state index in [1.165, 1.54) is 126 Å². The van der Waals surface area contributed by atoms with E-state index >= 15 is 0 Å². The first kappa shape index (κ1) is 69.8. The van der Waals surface area contributed by atoms with E-state index in [-0.39, 0.29) is 57.6 Å². The average molecular weight is 1190 g/mol. The lowest BCUT2D eigenvalue weighted by Gasteiger charge is -2.39. The second kappa shape index (κ2) is 40.4. The summed E-state index contributed by atoms with van der Waals surface area (Å²) in [6.45, 7) is 11.2. The minimum absolute atomic E-state index is 0.0295. The summed E-state index contributed by atoms with van der Waals surface area (Å²) in [5, 5.41) is 12.6. The first-order valence-electron chi connectivity index (χ1n) is 31.2. The summed E-state index contributed by atoms with van der Waals surface area (Å²) >= 11 is 0. The molecule has 2 N–H and O–H groups in total. The SMILES string of the molecule is CCCCCCCCCCCCCCCCCCCCCC(=O)NCCOCCOCO[C@@H]1[C@H](OP(OCCC#N)N(C(C)C)C(C)C)[C@@H](COC(c2ccccc2)(c2ccc(OC)cc2)c2ccc(OC)cc2)O[C@H]1n1ccc(=O)[nH]c1=O. The highest BCUT2D eigenvalue weighted by molar-refractivity contribution is 7.44. The van der Waals surface area contributed by atoms with Crippen molar-refractivity contribution in [2.75, 3.05) is 60.6 Å². The minimum atomic E-state index is -1.91. The highest BCUT2D eigenvalue weighted by atomic mass is 31.2. The molecule has 1 aliphatic heterocycles. The Morgan fingerprint density at radius 2 is 1.21 bits per heavy atom. The van der Waals surface area contributed by atoms with Crippen LogP contribution < -0.4 is 26.0 Å². The summed E-state index contributed by atoms with van der Waals surface area (Å²) in [5.74, 6) is 1.35. The number of unbranched alkanes of at least 4 members (excludes halogenated alkanes) is 18. The van der Waals surface area contributed by atoms with Crippen molar-refractivity contribution in [3.8, 4) is 17.6 Å². The average Bonchev–Trinajstić information content (AvgIpc) is 3.54. The number of ether oxygens (including phenoxy) is 7. The molecule has 0 bridgehead atoms. The zero-order valence-electron chi connectivity index (χ0n) is 51.6.